The lowest BCUT2D eigenvalue weighted by atomic mass is 9.97. The Morgan fingerprint density at radius 3 is 2.12 bits per heavy atom. The van der Waals surface area contributed by atoms with Crippen molar-refractivity contribution in [3.8, 4) is 16.8 Å². The minimum absolute atomic E-state index is 0.902. The molecule has 1 aliphatic heterocycles. The molecule has 0 amide bonds. The van der Waals surface area contributed by atoms with E-state index in [2.05, 4.69) is 120 Å². The summed E-state index contributed by atoms with van der Waals surface area (Å²) in [6.07, 6.45) is 0. The lowest BCUT2D eigenvalue weighted by molar-refractivity contribution is 0.969. The normalized spacial score (nSPS) is 12.6. The third-order valence-corrected chi connectivity index (χ3v) is 6.87. The number of para-hydroxylation sites is 1. The number of aromatic nitrogens is 1. The summed E-state index contributed by atoms with van der Waals surface area (Å²) < 4.78 is 2.47. The molecule has 0 atom stereocenters. The highest BCUT2D eigenvalue weighted by atomic mass is 15.3. The summed E-state index contributed by atoms with van der Waals surface area (Å²) in [7, 11) is 0. The molecule has 5 aromatic carbocycles. The van der Waals surface area contributed by atoms with Crippen molar-refractivity contribution in [1.29, 1.82) is 0 Å². The largest absolute Gasteiger partial charge is 0.327 e. The molecule has 2 nitrogen and oxygen atoms in total. The smallest absolute Gasteiger partial charge is 0.118 e. The average molecular weight is 411 g/mol. The zero-order chi connectivity index (χ0) is 21.2. The van der Waals surface area contributed by atoms with Gasteiger partial charge in [-0.2, -0.15) is 0 Å². The van der Waals surface area contributed by atoms with Crippen molar-refractivity contribution in [2.24, 2.45) is 0 Å². The highest BCUT2D eigenvalue weighted by Crippen LogP contribution is 2.47. The first-order valence-electron chi connectivity index (χ1n) is 11.3. The van der Waals surface area contributed by atoms with Crippen molar-refractivity contribution in [3.05, 3.63) is 103 Å². The van der Waals surface area contributed by atoms with Crippen molar-refractivity contribution in [1.82, 2.24) is 4.57 Å². The van der Waals surface area contributed by atoms with Crippen molar-refractivity contribution >= 4 is 44.0 Å². The van der Waals surface area contributed by atoms with Crippen molar-refractivity contribution < 1.29 is 0 Å². The Morgan fingerprint density at radius 1 is 0.562 bits per heavy atom. The summed E-state index contributed by atoms with van der Waals surface area (Å²) in [4.78, 5) is 2.45. The Kier molecular flexibility index (Phi) is 3.57. The van der Waals surface area contributed by atoms with E-state index < -0.39 is 0 Å². The van der Waals surface area contributed by atoms with E-state index in [1.807, 2.05) is 0 Å². The molecule has 0 unspecified atom stereocenters. The van der Waals surface area contributed by atoms with Gasteiger partial charge >= 0.3 is 0 Å². The van der Waals surface area contributed by atoms with Crippen LogP contribution in [-0.4, -0.2) is 11.1 Å². The molecule has 0 saturated heterocycles. The lowest BCUT2D eigenvalue weighted by Gasteiger charge is -2.23. The van der Waals surface area contributed by atoms with Gasteiger partial charge in [0.25, 0.3) is 0 Å². The molecular weight excluding hydrogens is 388 g/mol. The molecule has 32 heavy (non-hydrogen) atoms. The van der Waals surface area contributed by atoms with Crippen LogP contribution < -0.4 is 4.90 Å². The molecule has 0 bridgehead atoms. The molecule has 0 aliphatic carbocycles. The molecule has 152 valence electrons. The number of nitrogens with zero attached hydrogens (tertiary/aromatic N) is 2. The van der Waals surface area contributed by atoms with Crippen LogP contribution in [0, 0.1) is 0 Å². The highest BCUT2D eigenvalue weighted by Gasteiger charge is 2.26. The molecule has 6 aromatic rings. The molecule has 1 aromatic heterocycles. The fourth-order valence-electron chi connectivity index (χ4n) is 5.42. The van der Waals surface area contributed by atoms with Gasteiger partial charge in [0.1, 0.15) is 5.82 Å². The Hall–Kier alpha value is -4.04. The fraction of sp³-hybridized carbons (Fsp3) is 0.0667. The Labute approximate surface area is 186 Å². The van der Waals surface area contributed by atoms with Gasteiger partial charge in [-0.1, -0.05) is 72.8 Å². The van der Waals surface area contributed by atoms with Crippen molar-refractivity contribution in [2.45, 2.75) is 6.92 Å². The topological polar surface area (TPSA) is 8.17 Å². The van der Waals surface area contributed by atoms with Crippen LogP contribution in [0.25, 0.3) is 49.3 Å². The van der Waals surface area contributed by atoms with Gasteiger partial charge in [0.15, 0.2) is 0 Å². The zero-order valence-electron chi connectivity index (χ0n) is 17.9. The summed E-state index contributed by atoms with van der Waals surface area (Å²) in [5, 5.41) is 6.42. The third-order valence-electron chi connectivity index (χ3n) is 6.87. The molecule has 0 saturated carbocycles. The van der Waals surface area contributed by atoms with Crippen LogP contribution in [0.15, 0.2) is 103 Å². The minimum atomic E-state index is 0.902. The van der Waals surface area contributed by atoms with E-state index in [-0.39, 0.29) is 0 Å². The van der Waals surface area contributed by atoms with Crippen LogP contribution in [0.1, 0.15) is 6.92 Å². The van der Waals surface area contributed by atoms with Gasteiger partial charge in [-0.05, 0) is 58.8 Å². The van der Waals surface area contributed by atoms with Crippen LogP contribution >= 0.6 is 0 Å². The van der Waals surface area contributed by atoms with Gasteiger partial charge < -0.3 is 4.90 Å². The van der Waals surface area contributed by atoms with Crippen LogP contribution in [-0.2, 0) is 0 Å². The average Bonchev–Trinajstić information content (AvgIpc) is 3.19. The first-order valence-corrected chi connectivity index (χ1v) is 11.3. The van der Waals surface area contributed by atoms with Crippen LogP contribution in [0.5, 0.6) is 0 Å². The van der Waals surface area contributed by atoms with Crippen LogP contribution in [0.4, 0.5) is 11.5 Å². The van der Waals surface area contributed by atoms with E-state index in [4.69, 9.17) is 0 Å². The first-order chi connectivity index (χ1) is 15.8. The van der Waals surface area contributed by atoms with Crippen LogP contribution in [0.3, 0.4) is 0 Å². The molecule has 0 N–H and O–H groups in total. The first kappa shape index (κ1) is 17.6. The summed E-state index contributed by atoms with van der Waals surface area (Å²) in [5.41, 5.74) is 6.32. The standard InChI is InChI=1S/C30H22N2/c1-2-31-27-14-8-7-13-24(27)25-17-21-10-3-4-11-22(21)18-29(25)32-28-16-15-20-9-5-6-12-23(20)26(28)19-30(31)32/h3-19H,2H2,1H3. The van der Waals surface area contributed by atoms with E-state index >= 15 is 0 Å². The minimum Gasteiger partial charge on any atom is -0.327 e. The van der Waals surface area contributed by atoms with E-state index in [1.165, 1.54) is 60.8 Å². The molecule has 0 fully saturated rings. The molecule has 0 radical (unpaired) electrons. The van der Waals surface area contributed by atoms with Gasteiger partial charge in [-0.25, -0.2) is 0 Å². The molecular formula is C30H22N2. The predicted molar refractivity (Wildman–Crippen MR) is 136 cm³/mol. The molecule has 1 aliphatic rings. The monoisotopic (exact) mass is 410 g/mol. The van der Waals surface area contributed by atoms with Gasteiger partial charge in [0.05, 0.1) is 16.9 Å². The van der Waals surface area contributed by atoms with Gasteiger partial charge in [-0.3, -0.25) is 4.57 Å². The second-order valence-electron chi connectivity index (χ2n) is 8.54. The predicted octanol–water partition coefficient (Wildman–Crippen LogP) is 8.08. The molecule has 2 heterocycles. The number of anilines is 2. The van der Waals surface area contributed by atoms with E-state index in [0.29, 0.717) is 0 Å². The molecule has 2 heteroatoms. The summed E-state index contributed by atoms with van der Waals surface area (Å²) in [6.45, 7) is 3.14. The van der Waals surface area contributed by atoms with E-state index in [1.54, 1.807) is 0 Å². The highest BCUT2D eigenvalue weighted by molar-refractivity contribution is 6.10. The van der Waals surface area contributed by atoms with Gasteiger partial charge in [-0.15, -0.1) is 0 Å². The molecule has 0 spiro atoms. The number of hydrogen-bond acceptors (Lipinski definition) is 1. The van der Waals surface area contributed by atoms with Crippen molar-refractivity contribution in [2.75, 3.05) is 11.4 Å². The van der Waals surface area contributed by atoms with Gasteiger partial charge in [0.2, 0.25) is 0 Å². The SMILES string of the molecule is CCN1c2ccccc2-c2cc3ccccc3cc2-n2c1cc1c3ccccc3ccc12. The van der Waals surface area contributed by atoms with E-state index in [0.717, 1.165) is 6.54 Å². The van der Waals surface area contributed by atoms with Crippen LogP contribution in [0.2, 0.25) is 0 Å². The second kappa shape index (κ2) is 6.48. The maximum Gasteiger partial charge on any atom is 0.118 e. The Morgan fingerprint density at radius 2 is 1.28 bits per heavy atom. The second-order valence-corrected chi connectivity index (χ2v) is 8.54. The number of hydrogen-bond donors (Lipinski definition) is 0. The van der Waals surface area contributed by atoms with E-state index in [9.17, 15) is 0 Å². The Balaban J connectivity index is 1.70. The fourth-order valence-corrected chi connectivity index (χ4v) is 5.42. The quantitative estimate of drug-likeness (QED) is 0.266. The maximum absolute atomic E-state index is 2.47. The summed E-state index contributed by atoms with van der Waals surface area (Å²) >= 11 is 0. The number of fused-ring (bicyclic) bond motifs is 10. The zero-order valence-corrected chi connectivity index (χ0v) is 17.9. The summed E-state index contributed by atoms with van der Waals surface area (Å²) in [6, 6.07) is 37.8. The number of rotatable bonds is 1. The maximum atomic E-state index is 2.47. The third kappa shape index (κ3) is 2.29. The Bertz CT molecular complexity index is 1670. The van der Waals surface area contributed by atoms with Crippen molar-refractivity contribution in [3.63, 3.8) is 0 Å². The number of benzene rings is 5. The lowest BCUT2D eigenvalue weighted by Crippen LogP contribution is -2.18. The van der Waals surface area contributed by atoms with Gasteiger partial charge in [0, 0.05) is 23.1 Å². The summed E-state index contributed by atoms with van der Waals surface area (Å²) in [5.74, 6) is 1.22. The molecule has 7 rings (SSSR count).